The first kappa shape index (κ1) is 11.7. The van der Waals surface area contributed by atoms with Crippen molar-refractivity contribution in [1.29, 1.82) is 0 Å². The van der Waals surface area contributed by atoms with Gasteiger partial charge in [-0.3, -0.25) is 9.80 Å². The summed E-state index contributed by atoms with van der Waals surface area (Å²) in [6.45, 7) is 4.49. The Hall–Kier alpha value is -1.75. The Labute approximate surface area is 100 Å². The number of Topliss-reactive ketones (excluding diaryl/α,β-unsaturated/α-hetero) is 1. The van der Waals surface area contributed by atoms with Gasteiger partial charge in [0, 0.05) is 5.56 Å². The van der Waals surface area contributed by atoms with Gasteiger partial charge in [-0.2, -0.15) is 0 Å². The number of hydrogen-bond acceptors (Lipinski definition) is 4. The van der Waals surface area contributed by atoms with E-state index in [-0.39, 0.29) is 5.78 Å². The molecule has 1 aliphatic heterocycles. The van der Waals surface area contributed by atoms with Crippen molar-refractivity contribution in [2.24, 2.45) is 10.3 Å². The van der Waals surface area contributed by atoms with E-state index < -0.39 is 0 Å². The molecule has 1 fully saturated rings. The Kier molecular flexibility index (Phi) is 3.82. The van der Waals surface area contributed by atoms with Crippen molar-refractivity contribution in [3.63, 3.8) is 0 Å². The highest BCUT2D eigenvalue weighted by Gasteiger charge is 2.07. The van der Waals surface area contributed by atoms with Gasteiger partial charge in [-0.15, -0.1) is 5.11 Å². The van der Waals surface area contributed by atoms with E-state index in [1.807, 2.05) is 5.01 Å². The van der Waals surface area contributed by atoms with Gasteiger partial charge in [-0.25, -0.2) is 0 Å². The summed E-state index contributed by atoms with van der Waals surface area (Å²) in [4.78, 5) is 11.1. The molecule has 0 aromatic heterocycles. The molecule has 2 rings (SSSR count). The van der Waals surface area contributed by atoms with E-state index in [2.05, 4.69) is 10.3 Å². The molecule has 0 atom stereocenters. The third-order valence-corrected chi connectivity index (χ3v) is 2.55. The largest absolute Gasteiger partial charge is 0.378 e. The summed E-state index contributed by atoms with van der Waals surface area (Å²) in [7, 11) is 0. The van der Waals surface area contributed by atoms with Crippen LogP contribution in [0.5, 0.6) is 0 Å². The van der Waals surface area contributed by atoms with Gasteiger partial charge in [0.05, 0.1) is 32.0 Å². The van der Waals surface area contributed by atoms with Crippen LogP contribution in [0.25, 0.3) is 0 Å². The summed E-state index contributed by atoms with van der Waals surface area (Å²) in [5.74, 6) is 0.0571. The molecule has 17 heavy (non-hydrogen) atoms. The van der Waals surface area contributed by atoms with E-state index in [1.54, 1.807) is 31.2 Å². The van der Waals surface area contributed by atoms with Gasteiger partial charge >= 0.3 is 0 Å². The highest BCUT2D eigenvalue weighted by atomic mass is 16.5. The van der Waals surface area contributed by atoms with Crippen LogP contribution in [0, 0.1) is 0 Å². The number of rotatable bonds is 3. The highest BCUT2D eigenvalue weighted by molar-refractivity contribution is 5.94. The number of morpholine rings is 1. The molecular formula is C12H15N3O2. The lowest BCUT2D eigenvalue weighted by molar-refractivity contribution is 0.0353. The predicted molar refractivity (Wildman–Crippen MR) is 63.4 cm³/mol. The molecule has 5 heteroatoms. The molecule has 0 unspecified atom stereocenters. The fraction of sp³-hybridized carbons (Fsp3) is 0.417. The zero-order valence-corrected chi connectivity index (χ0v) is 9.80. The zero-order valence-electron chi connectivity index (χ0n) is 9.80. The summed E-state index contributed by atoms with van der Waals surface area (Å²) in [6, 6.07) is 7.10. The third-order valence-electron chi connectivity index (χ3n) is 2.55. The summed E-state index contributed by atoms with van der Waals surface area (Å²) in [6.07, 6.45) is 0. The molecule has 1 heterocycles. The van der Waals surface area contributed by atoms with Gasteiger partial charge < -0.3 is 4.74 Å². The standard InChI is InChI=1S/C12H15N3O2/c1-10(16)11-2-4-12(5-3-11)13-14-15-6-8-17-9-7-15/h2-5H,6-9H2,1H3. The second-order valence-electron chi connectivity index (χ2n) is 3.86. The molecule has 0 bridgehead atoms. The minimum atomic E-state index is 0.0571. The summed E-state index contributed by atoms with van der Waals surface area (Å²) < 4.78 is 5.21. The average Bonchev–Trinajstić information content (AvgIpc) is 2.38. The Morgan fingerprint density at radius 1 is 1.24 bits per heavy atom. The first-order valence-corrected chi connectivity index (χ1v) is 5.61. The number of benzene rings is 1. The quantitative estimate of drug-likeness (QED) is 0.594. The van der Waals surface area contributed by atoms with Crippen LogP contribution in [-0.4, -0.2) is 37.1 Å². The van der Waals surface area contributed by atoms with Gasteiger partial charge in [-0.05, 0) is 31.2 Å². The van der Waals surface area contributed by atoms with E-state index >= 15 is 0 Å². The van der Waals surface area contributed by atoms with Crippen molar-refractivity contribution in [1.82, 2.24) is 5.01 Å². The van der Waals surface area contributed by atoms with Crippen LogP contribution in [-0.2, 0) is 4.74 Å². The molecule has 1 saturated heterocycles. The van der Waals surface area contributed by atoms with E-state index in [4.69, 9.17) is 4.74 Å². The van der Waals surface area contributed by atoms with Crippen LogP contribution in [0.2, 0.25) is 0 Å². The molecule has 0 spiro atoms. The minimum Gasteiger partial charge on any atom is -0.378 e. The highest BCUT2D eigenvalue weighted by Crippen LogP contribution is 2.14. The number of ketones is 1. The van der Waals surface area contributed by atoms with Gasteiger partial charge in [0.25, 0.3) is 0 Å². The van der Waals surface area contributed by atoms with Gasteiger partial charge in [-0.1, -0.05) is 5.22 Å². The lowest BCUT2D eigenvalue weighted by Gasteiger charge is -2.22. The van der Waals surface area contributed by atoms with Gasteiger partial charge in [0.1, 0.15) is 0 Å². The SMILES string of the molecule is CC(=O)c1ccc(N=NN2CCOCC2)cc1. The van der Waals surface area contributed by atoms with Crippen molar-refractivity contribution in [3.8, 4) is 0 Å². The molecule has 5 nitrogen and oxygen atoms in total. The zero-order chi connectivity index (χ0) is 12.1. The van der Waals surface area contributed by atoms with Crippen molar-refractivity contribution < 1.29 is 9.53 Å². The van der Waals surface area contributed by atoms with Crippen molar-refractivity contribution in [3.05, 3.63) is 29.8 Å². The maximum atomic E-state index is 11.1. The molecule has 1 aromatic carbocycles. The van der Waals surface area contributed by atoms with Crippen molar-refractivity contribution in [2.45, 2.75) is 6.92 Å². The second kappa shape index (κ2) is 5.54. The van der Waals surface area contributed by atoms with Crippen LogP contribution in [0.4, 0.5) is 5.69 Å². The Morgan fingerprint density at radius 2 is 1.88 bits per heavy atom. The molecule has 0 saturated carbocycles. The van der Waals surface area contributed by atoms with Crippen LogP contribution in [0.15, 0.2) is 34.6 Å². The number of hydrogen-bond donors (Lipinski definition) is 0. The topological polar surface area (TPSA) is 54.3 Å². The van der Waals surface area contributed by atoms with E-state index in [0.29, 0.717) is 18.8 Å². The van der Waals surface area contributed by atoms with Gasteiger partial charge in [0.2, 0.25) is 0 Å². The molecule has 0 amide bonds. The van der Waals surface area contributed by atoms with Crippen molar-refractivity contribution in [2.75, 3.05) is 26.3 Å². The summed E-state index contributed by atoms with van der Waals surface area (Å²) in [5.41, 5.74) is 1.44. The molecular weight excluding hydrogens is 218 g/mol. The third kappa shape index (κ3) is 3.35. The van der Waals surface area contributed by atoms with Crippen LogP contribution < -0.4 is 0 Å². The predicted octanol–water partition coefficient (Wildman–Crippen LogP) is 2.22. The first-order valence-electron chi connectivity index (χ1n) is 5.61. The average molecular weight is 233 g/mol. The molecule has 1 aromatic rings. The molecule has 0 aliphatic carbocycles. The van der Waals surface area contributed by atoms with Crippen molar-refractivity contribution >= 4 is 11.5 Å². The Morgan fingerprint density at radius 3 is 2.47 bits per heavy atom. The van der Waals surface area contributed by atoms with Gasteiger partial charge in [0.15, 0.2) is 5.78 Å². The summed E-state index contributed by atoms with van der Waals surface area (Å²) in [5, 5.41) is 10.1. The minimum absolute atomic E-state index is 0.0571. The van der Waals surface area contributed by atoms with E-state index in [9.17, 15) is 4.79 Å². The van der Waals surface area contributed by atoms with Crippen LogP contribution in [0.1, 0.15) is 17.3 Å². The van der Waals surface area contributed by atoms with E-state index in [0.717, 1.165) is 18.8 Å². The fourth-order valence-electron chi connectivity index (χ4n) is 1.52. The maximum absolute atomic E-state index is 11.1. The number of nitrogens with zero attached hydrogens (tertiary/aromatic N) is 3. The monoisotopic (exact) mass is 233 g/mol. The number of carbonyl (C=O) groups excluding carboxylic acids is 1. The smallest absolute Gasteiger partial charge is 0.159 e. The van der Waals surface area contributed by atoms with Crippen LogP contribution >= 0.6 is 0 Å². The molecule has 0 N–H and O–H groups in total. The lowest BCUT2D eigenvalue weighted by atomic mass is 10.1. The Bertz CT molecular complexity index is 408. The molecule has 90 valence electrons. The molecule has 0 radical (unpaired) electrons. The second-order valence-corrected chi connectivity index (χ2v) is 3.86. The molecule has 1 aliphatic rings. The first-order chi connectivity index (χ1) is 8.25. The Balaban J connectivity index is 1.98. The number of ether oxygens (including phenoxy) is 1. The van der Waals surface area contributed by atoms with E-state index in [1.165, 1.54) is 0 Å². The number of carbonyl (C=O) groups is 1. The summed E-state index contributed by atoms with van der Waals surface area (Å²) >= 11 is 0. The lowest BCUT2D eigenvalue weighted by Crippen LogP contribution is -2.31. The maximum Gasteiger partial charge on any atom is 0.159 e. The fourth-order valence-corrected chi connectivity index (χ4v) is 1.52. The normalized spacial score (nSPS) is 16.4. The van der Waals surface area contributed by atoms with Crippen LogP contribution in [0.3, 0.4) is 0 Å².